The molecule has 2 N–H and O–H groups in total. The van der Waals surface area contributed by atoms with Crippen LogP contribution in [0.15, 0.2) is 0 Å². The van der Waals surface area contributed by atoms with Crippen molar-refractivity contribution in [1.82, 2.24) is 15.1 Å². The van der Waals surface area contributed by atoms with E-state index in [0.717, 1.165) is 26.2 Å². The highest BCUT2D eigenvalue weighted by Gasteiger charge is 2.61. The Kier molecular flexibility index (Phi) is 4.85. The number of hydrogen-bond acceptors (Lipinski definition) is 4. The van der Waals surface area contributed by atoms with Crippen molar-refractivity contribution in [2.75, 3.05) is 39.8 Å². The molecule has 1 aliphatic carbocycles. The molecule has 2 rings (SSSR count). The summed E-state index contributed by atoms with van der Waals surface area (Å²) in [6.07, 6.45) is 0.514. The molecule has 1 saturated heterocycles. The first-order valence-corrected chi connectivity index (χ1v) is 7.57. The molecule has 1 atom stereocenters. The molecule has 0 radical (unpaired) electrons. The van der Waals surface area contributed by atoms with E-state index in [9.17, 15) is 18.7 Å². The maximum atomic E-state index is 13.9. The highest BCUT2D eigenvalue weighted by Crippen LogP contribution is 2.44. The van der Waals surface area contributed by atoms with Gasteiger partial charge in [-0.15, -0.1) is 0 Å². The van der Waals surface area contributed by atoms with Crippen LogP contribution in [0.1, 0.15) is 26.2 Å². The first kappa shape index (κ1) is 16.6. The Bertz CT molecular complexity index is 380. The summed E-state index contributed by atoms with van der Waals surface area (Å²) in [5.41, 5.74) is -2.14. The van der Waals surface area contributed by atoms with E-state index in [1.807, 2.05) is 14.0 Å². The van der Waals surface area contributed by atoms with E-state index in [0.29, 0.717) is 6.42 Å². The van der Waals surface area contributed by atoms with Crippen molar-refractivity contribution in [3.8, 4) is 0 Å². The number of aliphatic hydroxyl groups is 1. The van der Waals surface area contributed by atoms with Crippen molar-refractivity contribution in [1.29, 1.82) is 0 Å². The fraction of sp³-hybridized carbons (Fsp3) is 0.929. The Morgan fingerprint density at radius 3 is 2.38 bits per heavy atom. The van der Waals surface area contributed by atoms with Gasteiger partial charge in [-0.1, -0.05) is 0 Å². The third-order valence-corrected chi connectivity index (χ3v) is 4.77. The summed E-state index contributed by atoms with van der Waals surface area (Å²) in [6, 6.07) is 0.00878. The topological polar surface area (TPSA) is 55.8 Å². The summed E-state index contributed by atoms with van der Waals surface area (Å²) < 4.78 is 27.8. The molecule has 1 saturated carbocycles. The van der Waals surface area contributed by atoms with E-state index in [1.165, 1.54) is 0 Å². The Hall–Kier alpha value is -0.790. The zero-order valence-corrected chi connectivity index (χ0v) is 12.7. The van der Waals surface area contributed by atoms with Crippen LogP contribution in [0.3, 0.4) is 0 Å². The fourth-order valence-corrected chi connectivity index (χ4v) is 2.78. The second-order valence-electron chi connectivity index (χ2n) is 6.36. The molecule has 0 aromatic heterocycles. The minimum atomic E-state index is -3.70. The highest BCUT2D eigenvalue weighted by atomic mass is 19.3. The van der Waals surface area contributed by atoms with Crippen LogP contribution in [0.5, 0.6) is 0 Å². The summed E-state index contributed by atoms with van der Waals surface area (Å²) in [7, 11) is 2.05. The molecule has 1 amide bonds. The second-order valence-corrected chi connectivity index (χ2v) is 6.36. The van der Waals surface area contributed by atoms with Gasteiger partial charge in [0.25, 0.3) is 5.91 Å². The molecular weight excluding hydrogens is 280 g/mol. The van der Waals surface area contributed by atoms with E-state index in [-0.39, 0.29) is 25.4 Å². The first-order valence-electron chi connectivity index (χ1n) is 7.57. The molecule has 1 aliphatic heterocycles. The van der Waals surface area contributed by atoms with Gasteiger partial charge in [-0.25, -0.2) is 0 Å². The number of hydrogen-bond donors (Lipinski definition) is 2. The van der Waals surface area contributed by atoms with E-state index in [1.54, 1.807) is 0 Å². The van der Waals surface area contributed by atoms with Gasteiger partial charge >= 0.3 is 5.92 Å². The maximum absolute atomic E-state index is 13.9. The number of nitrogens with zero attached hydrogens (tertiary/aromatic N) is 2. The van der Waals surface area contributed by atoms with E-state index in [2.05, 4.69) is 15.1 Å². The van der Waals surface area contributed by atoms with Crippen molar-refractivity contribution >= 4 is 5.91 Å². The minimum absolute atomic E-state index is 0.00878. The average molecular weight is 305 g/mol. The summed E-state index contributed by atoms with van der Waals surface area (Å²) in [5.74, 6) is -5.06. The quantitative estimate of drug-likeness (QED) is 0.766. The molecule has 2 fully saturated rings. The van der Waals surface area contributed by atoms with Crippen molar-refractivity contribution in [3.05, 3.63) is 0 Å². The lowest BCUT2D eigenvalue weighted by atomic mass is 9.75. The predicted octanol–water partition coefficient (Wildman–Crippen LogP) is 0.289. The summed E-state index contributed by atoms with van der Waals surface area (Å²) in [4.78, 5) is 16.1. The van der Waals surface area contributed by atoms with E-state index in [4.69, 9.17) is 0 Å². The molecule has 5 nitrogen and oxygen atoms in total. The van der Waals surface area contributed by atoms with Gasteiger partial charge in [0.15, 0.2) is 0 Å². The maximum Gasteiger partial charge on any atom is 0.352 e. The molecule has 0 spiro atoms. The van der Waals surface area contributed by atoms with Gasteiger partial charge in [0, 0.05) is 38.8 Å². The van der Waals surface area contributed by atoms with Crippen molar-refractivity contribution in [2.24, 2.45) is 0 Å². The number of piperazine rings is 1. The molecule has 0 aromatic carbocycles. The second kappa shape index (κ2) is 6.14. The first-order chi connectivity index (χ1) is 9.76. The van der Waals surface area contributed by atoms with Gasteiger partial charge in [-0.2, -0.15) is 8.78 Å². The van der Waals surface area contributed by atoms with Crippen LogP contribution in [0.25, 0.3) is 0 Å². The lowest BCUT2D eigenvalue weighted by Crippen LogP contribution is -2.61. The smallest absolute Gasteiger partial charge is 0.352 e. The van der Waals surface area contributed by atoms with Crippen LogP contribution in [-0.2, 0) is 4.79 Å². The molecule has 0 aromatic rings. The monoisotopic (exact) mass is 305 g/mol. The average Bonchev–Trinajstić information content (AvgIpc) is 2.42. The number of rotatable bonds is 5. The SMILES string of the molecule is CC(CNC(=O)C(F)(F)C1(O)CCC1)N1CCN(C)CC1. The molecule has 0 bridgehead atoms. The lowest BCUT2D eigenvalue weighted by Gasteiger charge is -2.42. The van der Waals surface area contributed by atoms with Crippen LogP contribution in [0.4, 0.5) is 8.78 Å². The fourth-order valence-electron chi connectivity index (χ4n) is 2.78. The van der Waals surface area contributed by atoms with Crippen LogP contribution in [0, 0.1) is 0 Å². The number of likely N-dealkylation sites (N-methyl/N-ethyl adjacent to an activating group) is 1. The third-order valence-electron chi connectivity index (χ3n) is 4.77. The van der Waals surface area contributed by atoms with E-state index < -0.39 is 17.4 Å². The van der Waals surface area contributed by atoms with Crippen molar-refractivity contribution in [2.45, 2.75) is 43.8 Å². The molecule has 122 valence electrons. The predicted molar refractivity (Wildman–Crippen MR) is 75.3 cm³/mol. The highest BCUT2D eigenvalue weighted by molar-refractivity contribution is 5.85. The van der Waals surface area contributed by atoms with Gasteiger partial charge in [0.1, 0.15) is 5.60 Å². The number of carbonyl (C=O) groups is 1. The van der Waals surface area contributed by atoms with Gasteiger partial charge in [0.05, 0.1) is 0 Å². The summed E-state index contributed by atoms with van der Waals surface area (Å²) >= 11 is 0. The Morgan fingerprint density at radius 1 is 1.33 bits per heavy atom. The van der Waals surface area contributed by atoms with Gasteiger partial charge in [-0.05, 0) is 33.2 Å². The normalized spacial score (nSPS) is 25.2. The van der Waals surface area contributed by atoms with Gasteiger partial charge in [0.2, 0.25) is 0 Å². The van der Waals surface area contributed by atoms with Crippen LogP contribution >= 0.6 is 0 Å². The molecule has 2 aliphatic rings. The zero-order valence-electron chi connectivity index (χ0n) is 12.7. The van der Waals surface area contributed by atoms with Crippen molar-refractivity contribution < 1.29 is 18.7 Å². The van der Waals surface area contributed by atoms with Gasteiger partial charge in [-0.3, -0.25) is 9.69 Å². The van der Waals surface area contributed by atoms with Crippen LogP contribution in [0.2, 0.25) is 0 Å². The number of alkyl halides is 2. The lowest BCUT2D eigenvalue weighted by molar-refractivity contribution is -0.216. The third kappa shape index (κ3) is 3.35. The number of amides is 1. The Balaban J connectivity index is 1.80. The Labute approximate surface area is 124 Å². The van der Waals surface area contributed by atoms with Gasteiger partial charge < -0.3 is 15.3 Å². The summed E-state index contributed by atoms with van der Waals surface area (Å²) in [6.45, 7) is 5.71. The molecule has 7 heteroatoms. The molecular formula is C14H25F2N3O2. The largest absolute Gasteiger partial charge is 0.383 e. The number of carbonyl (C=O) groups excluding carboxylic acids is 1. The minimum Gasteiger partial charge on any atom is -0.383 e. The summed E-state index contributed by atoms with van der Waals surface area (Å²) in [5, 5.41) is 12.0. The van der Waals surface area contributed by atoms with E-state index >= 15 is 0 Å². The molecule has 1 heterocycles. The Morgan fingerprint density at radius 2 is 1.90 bits per heavy atom. The molecule has 1 unspecified atom stereocenters. The number of halogens is 2. The zero-order chi connectivity index (χ0) is 15.7. The standard InChI is InChI=1S/C14H25F2N3O2/c1-11(19-8-6-18(2)7-9-19)10-17-12(20)14(15,16)13(21)4-3-5-13/h11,21H,3-10H2,1-2H3,(H,17,20). The van der Waals surface area contributed by atoms with Crippen molar-refractivity contribution in [3.63, 3.8) is 0 Å². The van der Waals surface area contributed by atoms with Crippen LogP contribution in [-0.4, -0.2) is 78.2 Å². The number of nitrogens with one attached hydrogen (secondary N) is 1. The molecule has 21 heavy (non-hydrogen) atoms. The van der Waals surface area contributed by atoms with Crippen LogP contribution < -0.4 is 5.32 Å².